The van der Waals surface area contributed by atoms with Crippen LogP contribution in [0, 0.1) is 0 Å². The molecule has 1 aromatic rings. The van der Waals surface area contributed by atoms with Crippen LogP contribution in [0.1, 0.15) is 19.8 Å². The first-order valence-electron chi connectivity index (χ1n) is 5.68. The van der Waals surface area contributed by atoms with Crippen LogP contribution in [0.3, 0.4) is 0 Å². The van der Waals surface area contributed by atoms with Crippen LogP contribution in [0.5, 0.6) is 0 Å². The molecule has 0 spiro atoms. The predicted molar refractivity (Wildman–Crippen MR) is 74.3 cm³/mol. The summed E-state index contributed by atoms with van der Waals surface area (Å²) in [5.41, 5.74) is 0. The molecule has 0 fully saturated rings. The number of hydrogen-bond acceptors (Lipinski definition) is 4. The number of alkyl halides is 1. The van der Waals surface area contributed by atoms with Gasteiger partial charge in [-0.2, -0.15) is 0 Å². The Balaban J connectivity index is 3.03. The Kier molecular flexibility index (Phi) is 5.49. The Hall–Kier alpha value is -0.720. The summed E-state index contributed by atoms with van der Waals surface area (Å²) in [5, 5.41) is 2.75. The Morgan fingerprint density at radius 1 is 1.33 bits per heavy atom. The topological polar surface area (TPSA) is 63.2 Å². The summed E-state index contributed by atoms with van der Waals surface area (Å²) in [6.45, 7) is 2.44. The second kappa shape index (κ2) is 6.45. The normalized spacial score (nSPS) is 15.0. The smallest absolute Gasteiger partial charge is 0.237 e. The molecular formula is C12H16BrNO3S. The van der Waals surface area contributed by atoms with E-state index in [1.807, 2.05) is 6.92 Å². The van der Waals surface area contributed by atoms with E-state index in [0.717, 1.165) is 12.8 Å². The molecule has 0 aliphatic carbocycles. The molecule has 1 unspecified atom stereocenters. The maximum absolute atomic E-state index is 12.3. The second-order valence-corrected chi connectivity index (χ2v) is 7.76. The minimum absolute atomic E-state index is 0.109. The van der Waals surface area contributed by atoms with Crippen molar-refractivity contribution in [1.29, 1.82) is 0 Å². The molecule has 0 radical (unpaired) electrons. The van der Waals surface area contributed by atoms with Gasteiger partial charge in [0, 0.05) is 0 Å². The highest BCUT2D eigenvalue weighted by Gasteiger charge is 2.41. The van der Waals surface area contributed by atoms with Crippen molar-refractivity contribution in [2.45, 2.75) is 28.4 Å². The van der Waals surface area contributed by atoms with Crippen molar-refractivity contribution >= 4 is 32.1 Å². The van der Waals surface area contributed by atoms with Gasteiger partial charge in [0.15, 0.2) is 6.29 Å². The Morgan fingerprint density at radius 2 is 1.94 bits per heavy atom. The molecule has 0 aliphatic heterocycles. The Morgan fingerprint density at radius 3 is 2.44 bits per heavy atom. The molecule has 1 aromatic carbocycles. The van der Waals surface area contributed by atoms with Crippen LogP contribution >= 0.6 is 15.9 Å². The average Bonchev–Trinajstić information content (AvgIpc) is 2.39. The van der Waals surface area contributed by atoms with E-state index in [2.05, 4.69) is 21.2 Å². The lowest BCUT2D eigenvalue weighted by molar-refractivity contribution is -0.108. The molecular weight excluding hydrogens is 318 g/mol. The van der Waals surface area contributed by atoms with E-state index < -0.39 is 13.6 Å². The summed E-state index contributed by atoms with van der Waals surface area (Å²) in [7, 11) is -3.79. The van der Waals surface area contributed by atoms with Gasteiger partial charge in [-0.1, -0.05) is 31.5 Å². The standard InChI is InChI=1S/C12H16BrNO3S/c1-2-3-9-14-12(13,10-15)18(16,17)11-7-5-4-6-8-11/h4-8,10,14H,2-3,9H2,1H3. The summed E-state index contributed by atoms with van der Waals surface area (Å²) < 4.78 is 22.9. The van der Waals surface area contributed by atoms with Gasteiger partial charge in [0.25, 0.3) is 0 Å². The van der Waals surface area contributed by atoms with Crippen LogP contribution in [-0.2, 0) is 14.6 Å². The van der Waals surface area contributed by atoms with Crippen LogP contribution in [0.15, 0.2) is 35.2 Å². The molecule has 0 aromatic heterocycles. The molecule has 1 atom stereocenters. The molecule has 18 heavy (non-hydrogen) atoms. The minimum Gasteiger partial charge on any atom is -0.299 e. The monoisotopic (exact) mass is 333 g/mol. The Bertz CT molecular complexity index is 489. The van der Waals surface area contributed by atoms with Crippen molar-refractivity contribution in [2.75, 3.05) is 6.54 Å². The third-order valence-electron chi connectivity index (χ3n) is 2.49. The maximum Gasteiger partial charge on any atom is 0.237 e. The largest absolute Gasteiger partial charge is 0.299 e. The lowest BCUT2D eigenvalue weighted by Crippen LogP contribution is -2.48. The maximum atomic E-state index is 12.3. The molecule has 1 rings (SSSR count). The van der Waals surface area contributed by atoms with E-state index in [9.17, 15) is 13.2 Å². The lowest BCUT2D eigenvalue weighted by atomic mass is 10.3. The summed E-state index contributed by atoms with van der Waals surface area (Å²) in [5.74, 6) is 0. The molecule has 0 bridgehead atoms. The van der Waals surface area contributed by atoms with Crippen molar-refractivity contribution < 1.29 is 13.2 Å². The first-order chi connectivity index (χ1) is 8.48. The van der Waals surface area contributed by atoms with Gasteiger partial charge in [-0.15, -0.1) is 0 Å². The zero-order valence-electron chi connectivity index (χ0n) is 10.1. The molecule has 4 nitrogen and oxygen atoms in total. The summed E-state index contributed by atoms with van der Waals surface area (Å²) in [6.07, 6.45) is 2.09. The third-order valence-corrected chi connectivity index (χ3v) is 6.15. The van der Waals surface area contributed by atoms with Crippen molar-refractivity contribution in [3.63, 3.8) is 0 Å². The number of carbonyl (C=O) groups excluding carboxylic acids is 1. The number of benzene rings is 1. The lowest BCUT2D eigenvalue weighted by Gasteiger charge is -2.22. The van der Waals surface area contributed by atoms with Gasteiger partial charge in [-0.05, 0) is 41.0 Å². The van der Waals surface area contributed by atoms with Crippen LogP contribution in [0.4, 0.5) is 0 Å². The number of aldehydes is 1. The SMILES string of the molecule is CCCCNC(Br)(C=O)S(=O)(=O)c1ccccc1. The number of hydrogen-bond donors (Lipinski definition) is 1. The van der Waals surface area contributed by atoms with E-state index >= 15 is 0 Å². The summed E-state index contributed by atoms with van der Waals surface area (Å²) in [4.78, 5) is 11.3. The van der Waals surface area contributed by atoms with E-state index in [4.69, 9.17) is 0 Å². The van der Waals surface area contributed by atoms with E-state index in [1.165, 1.54) is 12.1 Å². The predicted octanol–water partition coefficient (Wildman–Crippen LogP) is 2.10. The number of carbonyl (C=O) groups is 1. The molecule has 0 amide bonds. The fraction of sp³-hybridized carbons (Fsp3) is 0.417. The molecule has 1 N–H and O–H groups in total. The Labute approximate surface area is 116 Å². The molecule has 100 valence electrons. The number of unbranched alkanes of at least 4 members (excludes halogenated alkanes) is 1. The van der Waals surface area contributed by atoms with Crippen molar-refractivity contribution in [2.24, 2.45) is 0 Å². The average molecular weight is 334 g/mol. The van der Waals surface area contributed by atoms with E-state index in [-0.39, 0.29) is 4.90 Å². The quantitative estimate of drug-likeness (QED) is 0.359. The molecule has 0 aliphatic rings. The van der Waals surface area contributed by atoms with Gasteiger partial charge < -0.3 is 0 Å². The molecule has 0 heterocycles. The highest BCUT2D eigenvalue weighted by atomic mass is 79.9. The highest BCUT2D eigenvalue weighted by molar-refractivity contribution is 9.12. The number of sulfone groups is 1. The zero-order valence-corrected chi connectivity index (χ0v) is 12.5. The van der Waals surface area contributed by atoms with Crippen LogP contribution in [0.25, 0.3) is 0 Å². The van der Waals surface area contributed by atoms with Gasteiger partial charge in [0.1, 0.15) is 0 Å². The molecule has 0 saturated heterocycles. The van der Waals surface area contributed by atoms with Gasteiger partial charge in [-0.3, -0.25) is 10.1 Å². The fourth-order valence-electron chi connectivity index (χ4n) is 1.41. The first kappa shape index (κ1) is 15.3. The van der Waals surface area contributed by atoms with Gasteiger partial charge in [0.2, 0.25) is 13.6 Å². The van der Waals surface area contributed by atoms with E-state index in [1.54, 1.807) is 18.2 Å². The highest BCUT2D eigenvalue weighted by Crippen LogP contribution is 2.27. The van der Waals surface area contributed by atoms with Crippen LogP contribution in [-0.4, -0.2) is 25.0 Å². The summed E-state index contributed by atoms with van der Waals surface area (Å²) >= 11 is 3.01. The van der Waals surface area contributed by atoms with Gasteiger partial charge in [0.05, 0.1) is 4.90 Å². The van der Waals surface area contributed by atoms with Crippen molar-refractivity contribution in [1.82, 2.24) is 5.32 Å². The van der Waals surface area contributed by atoms with Gasteiger partial charge >= 0.3 is 0 Å². The molecule has 0 saturated carbocycles. The zero-order chi connectivity index (χ0) is 13.6. The first-order valence-corrected chi connectivity index (χ1v) is 7.95. The number of nitrogens with one attached hydrogen (secondary N) is 1. The minimum atomic E-state index is -3.79. The van der Waals surface area contributed by atoms with Crippen molar-refractivity contribution in [3.05, 3.63) is 30.3 Å². The second-order valence-electron chi connectivity index (χ2n) is 3.86. The number of rotatable bonds is 7. The van der Waals surface area contributed by atoms with Crippen LogP contribution < -0.4 is 5.32 Å². The van der Waals surface area contributed by atoms with E-state index in [0.29, 0.717) is 12.8 Å². The third kappa shape index (κ3) is 3.18. The number of halogens is 1. The fourth-order valence-corrected chi connectivity index (χ4v) is 3.44. The summed E-state index contributed by atoms with van der Waals surface area (Å²) in [6, 6.07) is 7.90. The van der Waals surface area contributed by atoms with Gasteiger partial charge in [-0.25, -0.2) is 8.42 Å². The molecule has 6 heteroatoms. The van der Waals surface area contributed by atoms with Crippen molar-refractivity contribution in [3.8, 4) is 0 Å². The van der Waals surface area contributed by atoms with Crippen LogP contribution in [0.2, 0.25) is 0 Å².